The maximum absolute atomic E-state index is 12.4. The molecule has 1 aromatic carbocycles. The summed E-state index contributed by atoms with van der Waals surface area (Å²) in [6.45, 7) is 1.64. The normalized spacial score (nSPS) is 18.0. The van der Waals surface area contributed by atoms with Crippen molar-refractivity contribution >= 4 is 31.4 Å². The number of rotatable bonds is 6. The summed E-state index contributed by atoms with van der Waals surface area (Å²) in [5, 5.41) is 0. The molecule has 2 rings (SSSR count). The van der Waals surface area contributed by atoms with Crippen LogP contribution in [0.25, 0.3) is 0 Å². The Morgan fingerprint density at radius 2 is 1.61 bits per heavy atom. The summed E-state index contributed by atoms with van der Waals surface area (Å²) in [5.74, 6) is -0.685. The van der Waals surface area contributed by atoms with Gasteiger partial charge in [0, 0.05) is 0 Å². The second-order valence-electron chi connectivity index (χ2n) is 5.44. The average molecular weight is 384 g/mol. The topological polar surface area (TPSA) is 55.8 Å². The van der Waals surface area contributed by atoms with Gasteiger partial charge in [-0.05, 0) is 0 Å². The molecule has 1 aromatic rings. The minimum absolute atomic E-state index is 0.204. The number of carbonyl (C=O) groups excluding carboxylic acids is 2. The van der Waals surface area contributed by atoms with E-state index in [0.717, 1.165) is 36.8 Å². The van der Waals surface area contributed by atoms with Crippen LogP contribution >= 0.6 is 0 Å². The number of hydrogen-bond donors (Lipinski definition) is 0. The van der Waals surface area contributed by atoms with Gasteiger partial charge in [-0.25, -0.2) is 0 Å². The molecule has 0 aromatic heterocycles. The van der Waals surface area contributed by atoms with Gasteiger partial charge in [0.1, 0.15) is 0 Å². The first-order valence-electron chi connectivity index (χ1n) is 7.78. The Morgan fingerprint density at radius 3 is 2.17 bits per heavy atom. The molecule has 23 heavy (non-hydrogen) atoms. The van der Waals surface area contributed by atoms with Gasteiger partial charge in [0.05, 0.1) is 0 Å². The second-order valence-corrected chi connectivity index (χ2v) is 7.99. The van der Waals surface area contributed by atoms with Crippen LogP contribution in [0.5, 0.6) is 0 Å². The zero-order valence-corrected chi connectivity index (χ0v) is 15.3. The quantitative estimate of drug-likeness (QED) is 0.541. The van der Waals surface area contributed by atoms with E-state index in [1.807, 2.05) is 30.3 Å². The Balaban J connectivity index is 2.27. The van der Waals surface area contributed by atoms with Crippen molar-refractivity contribution in [3.63, 3.8) is 0 Å². The molecule has 2 atom stereocenters. The van der Waals surface area contributed by atoms with E-state index >= 15 is 0 Å². The third kappa shape index (κ3) is 4.80. The van der Waals surface area contributed by atoms with Crippen molar-refractivity contribution in [3.05, 3.63) is 30.3 Å². The van der Waals surface area contributed by atoms with Crippen LogP contribution in [0.3, 0.4) is 0 Å². The molecule has 1 fully saturated rings. The third-order valence-corrected chi connectivity index (χ3v) is 6.57. The van der Waals surface area contributed by atoms with Crippen molar-refractivity contribution in [3.8, 4) is 0 Å². The molecule has 1 aliphatic rings. The fraction of sp³-hybridized carbons (Fsp3) is 0.529. The van der Waals surface area contributed by atoms with Crippen LogP contribution in [0.2, 0.25) is 4.82 Å². The predicted octanol–water partition coefficient (Wildman–Crippen LogP) is 1.01. The average Bonchev–Trinajstić information content (AvgIpc) is 2.62. The minimum atomic E-state index is -0.562. The molecule has 0 bridgehead atoms. The molecule has 0 amide bonds. The summed E-state index contributed by atoms with van der Waals surface area (Å²) in [6.07, 6.45) is 3.25. The molecule has 5 nitrogen and oxygen atoms in total. The van der Waals surface area contributed by atoms with E-state index in [0.29, 0.717) is 0 Å². The Hall–Kier alpha value is -1.36. The summed E-state index contributed by atoms with van der Waals surface area (Å²) in [6, 6.07) is 9.24. The van der Waals surface area contributed by atoms with E-state index in [-0.39, 0.29) is 26.9 Å². The molecule has 126 valence electrons. The first-order chi connectivity index (χ1) is 11.2. The molecule has 0 N–H and O–H groups in total. The molecule has 0 spiro atoms. The number of carbonyl (C=O) groups is 2. The van der Waals surface area contributed by atoms with Crippen LogP contribution in [0.4, 0.5) is 0 Å². The number of nitrogens with zero attached hydrogens (tertiary/aromatic N) is 1. The predicted molar refractivity (Wildman–Crippen MR) is 88.8 cm³/mol. The summed E-state index contributed by atoms with van der Waals surface area (Å²) in [4.78, 5) is 26.4. The Kier molecular flexibility index (Phi) is 7.09. The Labute approximate surface area is 143 Å². The van der Waals surface area contributed by atoms with Gasteiger partial charge in [-0.15, -0.1) is 0 Å². The van der Waals surface area contributed by atoms with Crippen LogP contribution in [-0.4, -0.2) is 65.1 Å². The fourth-order valence-electron chi connectivity index (χ4n) is 2.78. The molecular weight excluding hydrogens is 361 g/mol. The molecule has 6 heteroatoms. The number of esters is 2. The molecule has 0 radical (unpaired) electrons. The number of benzene rings is 1. The van der Waals surface area contributed by atoms with E-state index in [2.05, 4.69) is 4.90 Å². The number of hydrogen-bond acceptors (Lipinski definition) is 5. The van der Waals surface area contributed by atoms with Crippen LogP contribution < -0.4 is 4.46 Å². The van der Waals surface area contributed by atoms with Gasteiger partial charge in [0.15, 0.2) is 0 Å². The van der Waals surface area contributed by atoms with E-state index in [1.165, 1.54) is 14.2 Å². The first-order valence-corrected chi connectivity index (χ1v) is 9.63. The molecule has 1 heterocycles. The van der Waals surface area contributed by atoms with Crippen LogP contribution in [0.1, 0.15) is 19.3 Å². The van der Waals surface area contributed by atoms with Crippen molar-refractivity contribution in [2.75, 3.05) is 27.3 Å². The number of ether oxygens (including phenoxy) is 2. The Bertz CT molecular complexity index is 517. The molecule has 1 saturated heterocycles. The van der Waals surface area contributed by atoms with Gasteiger partial charge >= 0.3 is 143 Å². The number of likely N-dealkylation sites (tertiary alicyclic amines) is 1. The van der Waals surface area contributed by atoms with Gasteiger partial charge in [0.25, 0.3) is 0 Å². The SMILES string of the molecule is COC(=O)[C@@H]([Se]c1ccccc1)[C@@H](C(=O)OC)N1CCCCC1. The molecular formula is C17H23NO4Se. The van der Waals surface area contributed by atoms with Gasteiger partial charge in [-0.3, -0.25) is 0 Å². The maximum atomic E-state index is 12.4. The standard InChI is InChI=1S/C17H23NO4Se/c1-21-16(19)14(18-11-7-4-8-12-18)15(17(20)22-2)23-13-9-5-3-6-10-13/h3,5-6,9-10,14-15H,4,7-8,11-12H2,1-2H3/t14-,15-/m0/s1. The fourth-order valence-corrected chi connectivity index (χ4v) is 5.33. The molecule has 0 unspecified atom stereocenters. The van der Waals surface area contributed by atoms with Gasteiger partial charge in [0.2, 0.25) is 0 Å². The first kappa shape index (κ1) is 18.0. The Morgan fingerprint density at radius 1 is 1.00 bits per heavy atom. The summed E-state index contributed by atoms with van der Waals surface area (Å²) < 4.78 is 11.1. The van der Waals surface area contributed by atoms with Gasteiger partial charge in [-0.1, -0.05) is 0 Å². The van der Waals surface area contributed by atoms with E-state index in [1.54, 1.807) is 0 Å². The van der Waals surface area contributed by atoms with Crippen LogP contribution in [0, 0.1) is 0 Å². The third-order valence-electron chi connectivity index (χ3n) is 3.95. The molecule has 0 saturated carbocycles. The summed E-state index contributed by atoms with van der Waals surface area (Å²) >= 11 is -0.204. The second kappa shape index (κ2) is 9.06. The summed E-state index contributed by atoms with van der Waals surface area (Å²) in [5.41, 5.74) is 0. The number of piperidine rings is 1. The van der Waals surface area contributed by atoms with Crippen LogP contribution in [0.15, 0.2) is 30.3 Å². The van der Waals surface area contributed by atoms with Crippen molar-refractivity contribution in [2.24, 2.45) is 0 Å². The molecule has 0 aliphatic carbocycles. The summed E-state index contributed by atoms with van der Waals surface area (Å²) in [7, 11) is 2.75. The van der Waals surface area contributed by atoms with Crippen molar-refractivity contribution < 1.29 is 19.1 Å². The van der Waals surface area contributed by atoms with Crippen LogP contribution in [-0.2, 0) is 19.1 Å². The van der Waals surface area contributed by atoms with Gasteiger partial charge in [-0.2, -0.15) is 0 Å². The zero-order chi connectivity index (χ0) is 16.7. The van der Waals surface area contributed by atoms with Crippen molar-refractivity contribution in [2.45, 2.75) is 30.1 Å². The number of methoxy groups -OCH3 is 2. The van der Waals surface area contributed by atoms with E-state index in [4.69, 9.17) is 9.47 Å². The van der Waals surface area contributed by atoms with E-state index < -0.39 is 10.9 Å². The molecule has 1 aliphatic heterocycles. The zero-order valence-electron chi connectivity index (χ0n) is 13.6. The van der Waals surface area contributed by atoms with Gasteiger partial charge < -0.3 is 0 Å². The van der Waals surface area contributed by atoms with Crippen molar-refractivity contribution in [1.82, 2.24) is 4.90 Å². The van der Waals surface area contributed by atoms with Crippen molar-refractivity contribution in [1.29, 1.82) is 0 Å². The van der Waals surface area contributed by atoms with E-state index in [9.17, 15) is 9.59 Å². The monoisotopic (exact) mass is 385 g/mol.